The number of nitrogens with one attached hydrogen (secondary N) is 2. The summed E-state index contributed by atoms with van der Waals surface area (Å²) in [6.45, 7) is 1.40. The fourth-order valence-corrected chi connectivity index (χ4v) is 3.13. The van der Waals surface area contributed by atoms with Gasteiger partial charge in [0.25, 0.3) is 0 Å². The van der Waals surface area contributed by atoms with Crippen LogP contribution in [0, 0.1) is 0 Å². The lowest BCUT2D eigenvalue weighted by molar-refractivity contribution is 0.240. The fraction of sp³-hybridized carbons (Fsp3) is 0.167. The summed E-state index contributed by atoms with van der Waals surface area (Å²) in [7, 11) is 1.60. The highest BCUT2D eigenvalue weighted by Gasteiger charge is 2.05. The topological polar surface area (TPSA) is 103 Å². The third-order valence-electron chi connectivity index (χ3n) is 4.77. The van der Waals surface area contributed by atoms with Crippen LogP contribution in [0.3, 0.4) is 0 Å². The molecule has 9 heteroatoms. The molecule has 0 spiro atoms. The minimum absolute atomic E-state index is 0.256. The van der Waals surface area contributed by atoms with Crippen molar-refractivity contribution in [3.05, 3.63) is 96.2 Å². The van der Waals surface area contributed by atoms with Crippen molar-refractivity contribution in [3.63, 3.8) is 0 Å². The second-order valence-electron chi connectivity index (χ2n) is 7.23. The van der Waals surface area contributed by atoms with E-state index >= 15 is 0 Å². The van der Waals surface area contributed by atoms with Crippen molar-refractivity contribution in [2.75, 3.05) is 7.11 Å². The van der Waals surface area contributed by atoms with E-state index in [4.69, 9.17) is 9.47 Å². The maximum absolute atomic E-state index is 12.2. The number of methoxy groups -OCH3 is 1. The van der Waals surface area contributed by atoms with E-state index in [0.29, 0.717) is 37.0 Å². The number of hydrogen-bond donors (Lipinski definition) is 2. The van der Waals surface area contributed by atoms with Gasteiger partial charge in [-0.2, -0.15) is 5.10 Å². The molecular weight excluding hydrogens is 420 g/mol. The summed E-state index contributed by atoms with van der Waals surface area (Å²) in [5.74, 6) is 1.81. The summed E-state index contributed by atoms with van der Waals surface area (Å²) in [6.07, 6.45) is 4.85. The number of rotatable bonds is 9. The molecule has 0 bridgehead atoms. The molecule has 0 unspecified atom stereocenters. The molecule has 9 nitrogen and oxygen atoms in total. The van der Waals surface area contributed by atoms with Gasteiger partial charge in [0.05, 0.1) is 13.7 Å². The molecule has 4 aromatic rings. The SMILES string of the molecule is COc1cccc(Oc2ccc(CNC(=O)NCc3cccc(Cn4cncn4)c3)cn2)c1. The molecule has 0 atom stereocenters. The average molecular weight is 444 g/mol. The van der Waals surface area contributed by atoms with Crippen LogP contribution in [-0.2, 0) is 19.6 Å². The van der Waals surface area contributed by atoms with Crippen LogP contribution in [-0.4, -0.2) is 32.9 Å². The minimum Gasteiger partial charge on any atom is -0.497 e. The largest absolute Gasteiger partial charge is 0.497 e. The Morgan fingerprint density at radius 1 is 0.939 bits per heavy atom. The standard InChI is InChI=1S/C24H24N6O3/c1-32-21-6-3-7-22(11-21)33-23-9-8-20(13-26-23)14-28-24(31)27-12-18-4-2-5-19(10-18)15-30-17-25-16-29-30/h2-11,13,16-17H,12,14-15H2,1H3,(H2,27,28,31). The van der Waals surface area contributed by atoms with Gasteiger partial charge >= 0.3 is 6.03 Å². The van der Waals surface area contributed by atoms with Crippen LogP contribution in [0.4, 0.5) is 4.79 Å². The second kappa shape index (κ2) is 10.8. The van der Waals surface area contributed by atoms with E-state index in [-0.39, 0.29) is 6.03 Å². The molecule has 0 aliphatic heterocycles. The van der Waals surface area contributed by atoms with E-state index in [1.54, 1.807) is 36.4 Å². The van der Waals surface area contributed by atoms with Crippen LogP contribution in [0.1, 0.15) is 16.7 Å². The Morgan fingerprint density at radius 3 is 2.48 bits per heavy atom. The molecule has 2 aromatic carbocycles. The Bertz CT molecular complexity index is 1180. The summed E-state index contributed by atoms with van der Waals surface area (Å²) in [5.41, 5.74) is 2.95. The number of carbonyl (C=O) groups excluding carboxylic acids is 1. The number of carbonyl (C=O) groups is 1. The van der Waals surface area contributed by atoms with E-state index < -0.39 is 0 Å². The highest BCUT2D eigenvalue weighted by atomic mass is 16.5. The van der Waals surface area contributed by atoms with Crippen LogP contribution in [0.25, 0.3) is 0 Å². The average Bonchev–Trinajstić information content (AvgIpc) is 3.36. The van der Waals surface area contributed by atoms with Crippen molar-refractivity contribution < 1.29 is 14.3 Å². The first-order valence-electron chi connectivity index (χ1n) is 10.4. The van der Waals surface area contributed by atoms with Crippen LogP contribution in [0.15, 0.2) is 79.5 Å². The van der Waals surface area contributed by atoms with Crippen LogP contribution in [0.5, 0.6) is 17.4 Å². The lowest BCUT2D eigenvalue weighted by Gasteiger charge is -2.10. The van der Waals surface area contributed by atoms with Crippen molar-refractivity contribution in [3.8, 4) is 17.4 Å². The maximum Gasteiger partial charge on any atom is 0.315 e. The van der Waals surface area contributed by atoms with Gasteiger partial charge in [-0.25, -0.2) is 19.4 Å². The first kappa shape index (κ1) is 21.8. The number of amides is 2. The van der Waals surface area contributed by atoms with Gasteiger partial charge in [-0.1, -0.05) is 36.4 Å². The second-order valence-corrected chi connectivity index (χ2v) is 7.23. The van der Waals surface area contributed by atoms with Crippen LogP contribution < -0.4 is 20.1 Å². The van der Waals surface area contributed by atoms with Gasteiger partial charge in [0, 0.05) is 31.4 Å². The molecular formula is C24H24N6O3. The van der Waals surface area contributed by atoms with Crippen LogP contribution in [0.2, 0.25) is 0 Å². The van der Waals surface area contributed by atoms with Gasteiger partial charge in [-0.05, 0) is 28.8 Å². The molecule has 0 radical (unpaired) electrons. The zero-order valence-corrected chi connectivity index (χ0v) is 18.1. The number of hydrogen-bond acceptors (Lipinski definition) is 6. The zero-order chi connectivity index (χ0) is 22.9. The lowest BCUT2D eigenvalue weighted by atomic mass is 10.1. The van der Waals surface area contributed by atoms with Crippen LogP contribution >= 0.6 is 0 Å². The Kier molecular flexibility index (Phi) is 7.11. The quantitative estimate of drug-likeness (QED) is 0.409. The normalized spacial score (nSPS) is 10.5. The molecule has 0 saturated heterocycles. The predicted molar refractivity (Wildman–Crippen MR) is 122 cm³/mol. The van der Waals surface area contributed by atoms with E-state index in [0.717, 1.165) is 16.7 Å². The van der Waals surface area contributed by atoms with Gasteiger partial charge in [0.1, 0.15) is 24.2 Å². The molecule has 0 aliphatic rings. The van der Waals surface area contributed by atoms with E-state index in [1.165, 1.54) is 6.33 Å². The fourth-order valence-electron chi connectivity index (χ4n) is 3.13. The number of urea groups is 1. The van der Waals surface area contributed by atoms with Crippen molar-refractivity contribution in [1.29, 1.82) is 0 Å². The smallest absolute Gasteiger partial charge is 0.315 e. The Morgan fingerprint density at radius 2 is 1.73 bits per heavy atom. The number of pyridine rings is 1. The van der Waals surface area contributed by atoms with Crippen molar-refractivity contribution in [1.82, 2.24) is 30.4 Å². The summed E-state index contributed by atoms with van der Waals surface area (Å²) < 4.78 is 12.7. The monoisotopic (exact) mass is 444 g/mol. The lowest BCUT2D eigenvalue weighted by Crippen LogP contribution is -2.34. The molecule has 168 valence electrons. The molecule has 2 amide bonds. The highest BCUT2D eigenvalue weighted by Crippen LogP contribution is 2.23. The van der Waals surface area contributed by atoms with Gasteiger partial charge in [-0.3, -0.25) is 0 Å². The Hall–Kier alpha value is -4.40. The van der Waals surface area contributed by atoms with Gasteiger partial charge < -0.3 is 20.1 Å². The molecule has 4 rings (SSSR count). The molecule has 33 heavy (non-hydrogen) atoms. The summed E-state index contributed by atoms with van der Waals surface area (Å²) >= 11 is 0. The molecule has 2 aromatic heterocycles. The minimum atomic E-state index is -0.256. The third kappa shape index (κ3) is 6.54. The Balaban J connectivity index is 1.23. The number of nitrogens with zero attached hydrogens (tertiary/aromatic N) is 4. The third-order valence-corrected chi connectivity index (χ3v) is 4.77. The Labute approximate surface area is 191 Å². The van der Waals surface area contributed by atoms with Crippen molar-refractivity contribution >= 4 is 6.03 Å². The first-order valence-corrected chi connectivity index (χ1v) is 10.4. The number of benzene rings is 2. The van der Waals surface area contributed by atoms with E-state index in [1.807, 2.05) is 48.5 Å². The molecule has 0 aliphatic carbocycles. The van der Waals surface area contributed by atoms with Crippen molar-refractivity contribution in [2.45, 2.75) is 19.6 Å². The highest BCUT2D eigenvalue weighted by molar-refractivity contribution is 5.73. The molecule has 0 saturated carbocycles. The predicted octanol–water partition coefficient (Wildman–Crippen LogP) is 3.52. The van der Waals surface area contributed by atoms with Gasteiger partial charge in [0.15, 0.2) is 0 Å². The maximum atomic E-state index is 12.2. The van der Waals surface area contributed by atoms with E-state index in [9.17, 15) is 4.79 Å². The van der Waals surface area contributed by atoms with Gasteiger partial charge in [0.2, 0.25) is 5.88 Å². The number of aromatic nitrogens is 4. The zero-order valence-electron chi connectivity index (χ0n) is 18.1. The first-order chi connectivity index (χ1) is 16.2. The van der Waals surface area contributed by atoms with Crippen molar-refractivity contribution in [2.24, 2.45) is 0 Å². The van der Waals surface area contributed by atoms with Gasteiger partial charge in [-0.15, -0.1) is 0 Å². The molecule has 2 heterocycles. The van der Waals surface area contributed by atoms with E-state index in [2.05, 4.69) is 25.7 Å². The molecule has 0 fully saturated rings. The molecule has 2 N–H and O–H groups in total. The summed E-state index contributed by atoms with van der Waals surface area (Å²) in [4.78, 5) is 20.4. The summed E-state index contributed by atoms with van der Waals surface area (Å²) in [5, 5.41) is 9.81. The summed E-state index contributed by atoms with van der Waals surface area (Å²) in [6, 6.07) is 18.6. The number of ether oxygens (including phenoxy) is 2.